The van der Waals surface area contributed by atoms with Crippen LogP contribution in [0.25, 0.3) is 0 Å². The van der Waals surface area contributed by atoms with Gasteiger partial charge in [0.2, 0.25) is 0 Å². The maximum atomic E-state index is 5.35. The van der Waals surface area contributed by atoms with Crippen LogP contribution in [0.1, 0.15) is 13.3 Å². The van der Waals surface area contributed by atoms with E-state index in [0.29, 0.717) is 5.54 Å². The zero-order valence-corrected chi connectivity index (χ0v) is 8.75. The van der Waals surface area contributed by atoms with Crippen molar-refractivity contribution in [2.45, 2.75) is 18.9 Å². The third-order valence-electron chi connectivity index (χ3n) is 3.57. The average molecular weight is 184 g/mol. The van der Waals surface area contributed by atoms with Gasteiger partial charge in [0, 0.05) is 26.2 Å². The molecule has 0 aromatic rings. The van der Waals surface area contributed by atoms with Gasteiger partial charge in [-0.3, -0.25) is 4.90 Å². The van der Waals surface area contributed by atoms with Gasteiger partial charge < -0.3 is 9.64 Å². The van der Waals surface area contributed by atoms with Crippen molar-refractivity contribution in [1.29, 1.82) is 0 Å². The van der Waals surface area contributed by atoms with E-state index in [4.69, 9.17) is 4.74 Å². The minimum Gasteiger partial charge on any atom is -0.377 e. The third-order valence-corrected chi connectivity index (χ3v) is 3.57. The molecule has 0 saturated carbocycles. The van der Waals surface area contributed by atoms with Crippen LogP contribution in [0.3, 0.4) is 0 Å². The molecule has 13 heavy (non-hydrogen) atoms. The Morgan fingerprint density at radius 3 is 2.15 bits per heavy atom. The van der Waals surface area contributed by atoms with Crippen molar-refractivity contribution in [2.24, 2.45) is 0 Å². The molecular weight excluding hydrogens is 164 g/mol. The summed E-state index contributed by atoms with van der Waals surface area (Å²) in [4.78, 5) is 5.02. The molecule has 0 bridgehead atoms. The largest absolute Gasteiger partial charge is 0.377 e. The van der Waals surface area contributed by atoms with Gasteiger partial charge in [0.25, 0.3) is 0 Å². The van der Waals surface area contributed by atoms with Gasteiger partial charge in [-0.2, -0.15) is 0 Å². The maximum Gasteiger partial charge on any atom is 0.0676 e. The number of likely N-dealkylation sites (N-methyl/N-ethyl adjacent to an activating group) is 1. The Hall–Kier alpha value is -0.120. The van der Waals surface area contributed by atoms with Crippen LogP contribution in [-0.4, -0.2) is 61.8 Å². The summed E-state index contributed by atoms with van der Waals surface area (Å²) in [6.07, 6.45) is 1.23. The monoisotopic (exact) mass is 184 g/mol. The van der Waals surface area contributed by atoms with Gasteiger partial charge in [0.15, 0.2) is 0 Å². The second kappa shape index (κ2) is 3.56. The molecule has 0 aliphatic carbocycles. The van der Waals surface area contributed by atoms with E-state index in [1.165, 1.54) is 32.6 Å². The summed E-state index contributed by atoms with van der Waals surface area (Å²) >= 11 is 0. The first-order valence-electron chi connectivity index (χ1n) is 5.28. The van der Waals surface area contributed by atoms with Gasteiger partial charge in [0.1, 0.15) is 0 Å². The molecule has 0 amide bonds. The van der Waals surface area contributed by atoms with Crippen molar-refractivity contribution < 1.29 is 4.74 Å². The second-order valence-electron chi connectivity index (χ2n) is 4.36. The summed E-state index contributed by atoms with van der Waals surface area (Å²) in [5.74, 6) is 0. The van der Waals surface area contributed by atoms with Crippen molar-refractivity contribution in [2.75, 3.05) is 46.4 Å². The Balaban J connectivity index is 1.92. The van der Waals surface area contributed by atoms with Gasteiger partial charge in [0.05, 0.1) is 18.8 Å². The summed E-state index contributed by atoms with van der Waals surface area (Å²) in [6, 6.07) is 0. The predicted molar refractivity (Wildman–Crippen MR) is 52.9 cm³/mol. The van der Waals surface area contributed by atoms with Gasteiger partial charge in [-0.1, -0.05) is 6.92 Å². The Kier molecular flexibility index (Phi) is 2.58. The second-order valence-corrected chi connectivity index (χ2v) is 4.36. The molecule has 0 atom stereocenters. The fourth-order valence-electron chi connectivity index (χ4n) is 2.23. The lowest BCUT2D eigenvalue weighted by Crippen LogP contribution is -2.65. The van der Waals surface area contributed by atoms with Gasteiger partial charge >= 0.3 is 0 Å². The minimum absolute atomic E-state index is 0.404. The first-order chi connectivity index (χ1) is 6.27. The molecule has 0 N–H and O–H groups in total. The molecule has 2 saturated heterocycles. The molecule has 2 fully saturated rings. The van der Waals surface area contributed by atoms with Crippen LogP contribution in [0.2, 0.25) is 0 Å². The molecule has 0 spiro atoms. The van der Waals surface area contributed by atoms with Crippen LogP contribution in [0.4, 0.5) is 0 Å². The van der Waals surface area contributed by atoms with E-state index >= 15 is 0 Å². The van der Waals surface area contributed by atoms with Crippen LogP contribution in [-0.2, 0) is 4.74 Å². The molecule has 2 rings (SSSR count). The van der Waals surface area contributed by atoms with Crippen molar-refractivity contribution >= 4 is 0 Å². The summed E-state index contributed by atoms with van der Waals surface area (Å²) < 4.78 is 5.35. The Bertz CT molecular complexity index is 166. The lowest BCUT2D eigenvalue weighted by atomic mass is 9.91. The summed E-state index contributed by atoms with van der Waals surface area (Å²) in [5.41, 5.74) is 0.404. The smallest absolute Gasteiger partial charge is 0.0676 e. The SMILES string of the molecule is CCC1(N2CCN(C)CC2)COC1. The van der Waals surface area contributed by atoms with Gasteiger partial charge in [-0.15, -0.1) is 0 Å². The van der Waals surface area contributed by atoms with E-state index in [-0.39, 0.29) is 0 Å². The molecule has 0 aromatic carbocycles. The van der Waals surface area contributed by atoms with E-state index in [9.17, 15) is 0 Å². The topological polar surface area (TPSA) is 15.7 Å². The first kappa shape index (κ1) is 9.44. The van der Waals surface area contributed by atoms with Crippen LogP contribution >= 0.6 is 0 Å². The number of ether oxygens (including phenoxy) is 1. The highest BCUT2D eigenvalue weighted by Crippen LogP contribution is 2.29. The van der Waals surface area contributed by atoms with Crippen molar-refractivity contribution in [3.05, 3.63) is 0 Å². The maximum absolute atomic E-state index is 5.35. The van der Waals surface area contributed by atoms with E-state index < -0.39 is 0 Å². The van der Waals surface area contributed by atoms with E-state index in [0.717, 1.165) is 13.2 Å². The summed E-state index contributed by atoms with van der Waals surface area (Å²) in [7, 11) is 2.20. The number of piperazine rings is 1. The van der Waals surface area contributed by atoms with Gasteiger partial charge in [-0.05, 0) is 13.5 Å². The molecule has 3 heteroatoms. The normalized spacial score (nSPS) is 30.0. The van der Waals surface area contributed by atoms with Crippen LogP contribution in [0.5, 0.6) is 0 Å². The van der Waals surface area contributed by atoms with Crippen LogP contribution < -0.4 is 0 Å². The average Bonchev–Trinajstić information content (AvgIpc) is 2.07. The number of rotatable bonds is 2. The highest BCUT2D eigenvalue weighted by atomic mass is 16.5. The van der Waals surface area contributed by atoms with Crippen LogP contribution in [0, 0.1) is 0 Å². The van der Waals surface area contributed by atoms with E-state index in [2.05, 4.69) is 23.8 Å². The van der Waals surface area contributed by atoms with Crippen molar-refractivity contribution in [1.82, 2.24) is 9.80 Å². The summed E-state index contributed by atoms with van der Waals surface area (Å²) in [6.45, 7) is 9.03. The molecule has 3 nitrogen and oxygen atoms in total. The van der Waals surface area contributed by atoms with Crippen LogP contribution in [0.15, 0.2) is 0 Å². The Labute approximate surface area is 80.6 Å². The zero-order valence-electron chi connectivity index (χ0n) is 8.75. The van der Waals surface area contributed by atoms with E-state index in [1.807, 2.05) is 0 Å². The minimum atomic E-state index is 0.404. The molecule has 0 aromatic heterocycles. The van der Waals surface area contributed by atoms with Crippen molar-refractivity contribution in [3.63, 3.8) is 0 Å². The lowest BCUT2D eigenvalue weighted by molar-refractivity contribution is -0.150. The van der Waals surface area contributed by atoms with E-state index in [1.54, 1.807) is 0 Å². The fourth-order valence-corrected chi connectivity index (χ4v) is 2.23. The Morgan fingerprint density at radius 1 is 1.15 bits per heavy atom. The molecular formula is C10H20N2O. The molecule has 76 valence electrons. The molecule has 2 aliphatic rings. The van der Waals surface area contributed by atoms with Crippen molar-refractivity contribution in [3.8, 4) is 0 Å². The molecule has 2 aliphatic heterocycles. The number of hydrogen-bond acceptors (Lipinski definition) is 3. The standard InChI is InChI=1S/C10H20N2O/c1-3-10(8-13-9-10)12-6-4-11(2)5-7-12/h3-9H2,1-2H3. The fraction of sp³-hybridized carbons (Fsp3) is 1.00. The molecule has 0 radical (unpaired) electrons. The van der Waals surface area contributed by atoms with Gasteiger partial charge in [-0.25, -0.2) is 0 Å². The zero-order chi connectivity index (χ0) is 9.31. The summed E-state index contributed by atoms with van der Waals surface area (Å²) in [5, 5.41) is 0. The third kappa shape index (κ3) is 1.60. The Morgan fingerprint density at radius 2 is 1.77 bits per heavy atom. The number of hydrogen-bond donors (Lipinski definition) is 0. The lowest BCUT2D eigenvalue weighted by Gasteiger charge is -2.51. The highest BCUT2D eigenvalue weighted by molar-refractivity contribution is 4.96. The molecule has 2 heterocycles. The quantitative estimate of drug-likeness (QED) is 0.618. The predicted octanol–water partition coefficient (Wildman–Crippen LogP) is 0.413. The highest BCUT2D eigenvalue weighted by Gasteiger charge is 2.42. The first-order valence-corrected chi connectivity index (χ1v) is 5.28. The number of nitrogens with zero attached hydrogens (tertiary/aromatic N) is 2. The molecule has 0 unspecified atom stereocenters.